The fraction of sp³-hybridized carbons (Fsp3) is 0.182. The summed E-state index contributed by atoms with van der Waals surface area (Å²) in [4.78, 5) is 0. The van der Waals surface area contributed by atoms with Crippen molar-refractivity contribution in [1.29, 1.82) is 0 Å². The van der Waals surface area contributed by atoms with Crippen LogP contribution in [0.25, 0.3) is 0 Å². The first-order valence-electron chi connectivity index (χ1n) is 4.96. The van der Waals surface area contributed by atoms with Crippen LogP contribution < -0.4 is 0 Å². The third kappa shape index (κ3) is 2.87. The van der Waals surface area contributed by atoms with Crippen LogP contribution in [0.15, 0.2) is 34.5 Å². The molecule has 0 spiro atoms. The van der Waals surface area contributed by atoms with Crippen LogP contribution in [-0.4, -0.2) is 27.3 Å². The van der Waals surface area contributed by atoms with Crippen molar-refractivity contribution in [3.8, 4) is 0 Å². The number of aryl methyl sites for hydroxylation is 1. The molecule has 0 atom stereocenters. The van der Waals surface area contributed by atoms with Gasteiger partial charge in [-0.15, -0.1) is 10.2 Å². The van der Waals surface area contributed by atoms with Gasteiger partial charge in [-0.3, -0.25) is 0 Å². The molecule has 0 aliphatic carbocycles. The number of thioether (sulfide) groups is 1. The highest BCUT2D eigenvalue weighted by atomic mass is 35.5. The van der Waals surface area contributed by atoms with Gasteiger partial charge in [0.1, 0.15) is 0 Å². The molecule has 0 amide bonds. The minimum absolute atomic E-state index is 0.715. The van der Waals surface area contributed by atoms with Crippen molar-refractivity contribution in [3.63, 3.8) is 0 Å². The molecule has 4 nitrogen and oxygen atoms in total. The molecule has 0 saturated carbocycles. The molecule has 0 aliphatic heterocycles. The Labute approximate surface area is 109 Å². The first-order chi connectivity index (χ1) is 8.20. The summed E-state index contributed by atoms with van der Waals surface area (Å²) in [5.41, 5.74) is 0.981. The van der Waals surface area contributed by atoms with E-state index in [0.717, 1.165) is 16.5 Å². The topological polar surface area (TPSA) is 43.1 Å². The number of rotatable bonds is 3. The Kier molecular flexibility index (Phi) is 3.81. The number of halogens is 1. The molecule has 88 valence electrons. The van der Waals surface area contributed by atoms with Gasteiger partial charge in [0.15, 0.2) is 5.82 Å². The molecule has 0 saturated heterocycles. The van der Waals surface area contributed by atoms with Gasteiger partial charge in [-0.2, -0.15) is 9.78 Å². The van der Waals surface area contributed by atoms with E-state index in [2.05, 4.69) is 15.3 Å². The van der Waals surface area contributed by atoms with Crippen LogP contribution in [-0.2, 0) is 0 Å². The van der Waals surface area contributed by atoms with Gasteiger partial charge in [0.25, 0.3) is 0 Å². The molecule has 17 heavy (non-hydrogen) atoms. The average Bonchev–Trinajstić information content (AvgIpc) is 2.69. The van der Waals surface area contributed by atoms with Crippen LogP contribution in [0.5, 0.6) is 0 Å². The molecule has 0 radical (unpaired) electrons. The van der Waals surface area contributed by atoms with E-state index < -0.39 is 0 Å². The first-order valence-corrected chi connectivity index (χ1v) is 6.57. The highest BCUT2D eigenvalue weighted by Gasteiger charge is 2.04. The van der Waals surface area contributed by atoms with Crippen LogP contribution in [0.3, 0.4) is 0 Å². The number of hydrogen-bond donors (Lipinski definition) is 0. The van der Waals surface area contributed by atoms with Crippen LogP contribution in [0.1, 0.15) is 11.4 Å². The predicted molar refractivity (Wildman–Crippen MR) is 71.0 cm³/mol. The maximum Gasteiger partial charge on any atom is 0.211 e. The number of hydrogen-bond acceptors (Lipinski definition) is 4. The van der Waals surface area contributed by atoms with Gasteiger partial charge >= 0.3 is 0 Å². The Morgan fingerprint density at radius 3 is 2.65 bits per heavy atom. The molecule has 0 aliphatic rings. The van der Waals surface area contributed by atoms with E-state index in [1.165, 1.54) is 11.8 Å². The van der Waals surface area contributed by atoms with Crippen molar-refractivity contribution in [2.24, 2.45) is 5.10 Å². The van der Waals surface area contributed by atoms with E-state index in [9.17, 15) is 0 Å². The molecule has 0 bridgehead atoms. The number of nitrogens with zero attached hydrogens (tertiary/aromatic N) is 4. The zero-order valence-corrected chi connectivity index (χ0v) is 11.0. The molecule has 0 unspecified atom stereocenters. The second-order valence-electron chi connectivity index (χ2n) is 3.34. The fourth-order valence-corrected chi connectivity index (χ4v) is 1.87. The lowest BCUT2D eigenvalue weighted by Gasteiger charge is -1.98. The molecule has 0 fully saturated rings. The normalized spacial score (nSPS) is 11.2. The van der Waals surface area contributed by atoms with Crippen molar-refractivity contribution in [2.45, 2.75) is 12.1 Å². The van der Waals surface area contributed by atoms with Gasteiger partial charge in [-0.25, -0.2) is 0 Å². The maximum atomic E-state index is 5.81. The SMILES string of the molecule is CSc1nnc(C)n1/N=C\c1ccc(Cl)cc1. The van der Waals surface area contributed by atoms with Crippen LogP contribution in [0, 0.1) is 6.92 Å². The van der Waals surface area contributed by atoms with Gasteiger partial charge in [0.05, 0.1) is 6.21 Å². The van der Waals surface area contributed by atoms with Gasteiger partial charge in [-0.05, 0) is 30.9 Å². The Morgan fingerprint density at radius 2 is 2.00 bits per heavy atom. The van der Waals surface area contributed by atoms with E-state index in [1.54, 1.807) is 10.9 Å². The Morgan fingerprint density at radius 1 is 1.29 bits per heavy atom. The molecule has 1 heterocycles. The molecule has 6 heteroatoms. The number of benzene rings is 1. The second kappa shape index (κ2) is 5.33. The smallest absolute Gasteiger partial charge is 0.192 e. The van der Waals surface area contributed by atoms with Gasteiger partial charge in [0.2, 0.25) is 5.16 Å². The highest BCUT2D eigenvalue weighted by Crippen LogP contribution is 2.13. The lowest BCUT2D eigenvalue weighted by atomic mass is 10.2. The second-order valence-corrected chi connectivity index (χ2v) is 4.55. The van der Waals surface area contributed by atoms with E-state index in [4.69, 9.17) is 11.6 Å². The summed E-state index contributed by atoms with van der Waals surface area (Å²) >= 11 is 7.32. The quantitative estimate of drug-likeness (QED) is 0.634. The predicted octanol–water partition coefficient (Wildman–Crippen LogP) is 2.84. The Balaban J connectivity index is 2.25. The summed E-state index contributed by atoms with van der Waals surface area (Å²) in [6.45, 7) is 1.87. The summed E-state index contributed by atoms with van der Waals surface area (Å²) in [7, 11) is 0. The molecule has 2 rings (SSSR count). The van der Waals surface area contributed by atoms with E-state index >= 15 is 0 Å². The maximum absolute atomic E-state index is 5.81. The van der Waals surface area contributed by atoms with E-state index in [0.29, 0.717) is 5.02 Å². The minimum Gasteiger partial charge on any atom is -0.192 e. The summed E-state index contributed by atoms with van der Waals surface area (Å²) in [5.74, 6) is 0.763. The summed E-state index contributed by atoms with van der Waals surface area (Å²) in [5, 5.41) is 13.8. The molecular formula is C11H11ClN4S. The van der Waals surface area contributed by atoms with Crippen molar-refractivity contribution < 1.29 is 0 Å². The summed E-state index contributed by atoms with van der Waals surface area (Å²) in [6.07, 6.45) is 3.70. The molecule has 1 aromatic heterocycles. The lowest BCUT2D eigenvalue weighted by molar-refractivity contribution is 0.745. The Hall–Kier alpha value is -1.33. The standard InChI is InChI=1S/C11H11ClN4S/c1-8-14-15-11(17-2)16(8)13-7-9-3-5-10(12)6-4-9/h3-7H,1-2H3/b13-7-. The largest absolute Gasteiger partial charge is 0.211 e. The van der Waals surface area contributed by atoms with Crippen LogP contribution >= 0.6 is 23.4 Å². The summed E-state index contributed by atoms with van der Waals surface area (Å²) < 4.78 is 1.71. The third-order valence-electron chi connectivity index (χ3n) is 2.14. The van der Waals surface area contributed by atoms with Gasteiger partial charge in [-0.1, -0.05) is 35.5 Å². The minimum atomic E-state index is 0.715. The van der Waals surface area contributed by atoms with Gasteiger partial charge < -0.3 is 0 Å². The highest BCUT2D eigenvalue weighted by molar-refractivity contribution is 7.98. The third-order valence-corrected chi connectivity index (χ3v) is 3.01. The zero-order chi connectivity index (χ0) is 12.3. The van der Waals surface area contributed by atoms with Crippen molar-refractivity contribution in [1.82, 2.24) is 14.9 Å². The average molecular weight is 267 g/mol. The van der Waals surface area contributed by atoms with Gasteiger partial charge in [0, 0.05) is 5.02 Å². The van der Waals surface area contributed by atoms with Crippen molar-refractivity contribution in [2.75, 3.05) is 6.26 Å². The monoisotopic (exact) mass is 266 g/mol. The fourth-order valence-electron chi connectivity index (χ4n) is 1.27. The lowest BCUT2D eigenvalue weighted by Crippen LogP contribution is -1.95. The van der Waals surface area contributed by atoms with E-state index in [-0.39, 0.29) is 0 Å². The van der Waals surface area contributed by atoms with Crippen LogP contribution in [0.4, 0.5) is 0 Å². The molecule has 2 aromatic rings. The summed E-state index contributed by atoms with van der Waals surface area (Å²) in [6, 6.07) is 7.48. The Bertz CT molecular complexity index is 533. The number of aromatic nitrogens is 3. The first kappa shape index (κ1) is 12.1. The van der Waals surface area contributed by atoms with E-state index in [1.807, 2.05) is 37.4 Å². The van der Waals surface area contributed by atoms with Crippen molar-refractivity contribution >= 4 is 29.6 Å². The van der Waals surface area contributed by atoms with Crippen molar-refractivity contribution in [3.05, 3.63) is 40.7 Å². The van der Waals surface area contributed by atoms with Crippen LogP contribution in [0.2, 0.25) is 5.02 Å². The zero-order valence-electron chi connectivity index (χ0n) is 9.46. The molecule has 0 N–H and O–H groups in total. The molecule has 1 aromatic carbocycles. The molecular weight excluding hydrogens is 256 g/mol.